The van der Waals surface area contributed by atoms with E-state index < -0.39 is 0 Å². The number of hydrogen-bond donors (Lipinski definition) is 0. The molecule has 2 bridgehead atoms. The van der Waals surface area contributed by atoms with Crippen LogP contribution < -0.4 is 0 Å². The first-order valence-corrected chi connectivity index (χ1v) is 5.84. The summed E-state index contributed by atoms with van der Waals surface area (Å²) >= 11 is 0. The highest BCUT2D eigenvalue weighted by molar-refractivity contribution is 5.81. The van der Waals surface area contributed by atoms with Crippen LogP contribution in [0, 0.1) is 29.6 Å². The minimum atomic E-state index is 0.479. The van der Waals surface area contributed by atoms with E-state index in [4.69, 9.17) is 0 Å². The molecular weight excluding hydrogens is 160 g/mol. The van der Waals surface area contributed by atoms with E-state index in [1.54, 1.807) is 0 Å². The van der Waals surface area contributed by atoms with E-state index in [9.17, 15) is 4.79 Å². The van der Waals surface area contributed by atoms with Crippen LogP contribution in [0.3, 0.4) is 0 Å². The number of fused-ring (bicyclic) bond motifs is 2. The van der Waals surface area contributed by atoms with Gasteiger partial charge in [0.15, 0.2) is 0 Å². The van der Waals surface area contributed by atoms with Crippen LogP contribution in [0.4, 0.5) is 0 Å². The Bertz CT molecular complexity index is 246. The molecule has 0 spiro atoms. The second-order valence-corrected chi connectivity index (χ2v) is 5.23. The fraction of sp³-hybridized carbons (Fsp3) is 0.917. The van der Waals surface area contributed by atoms with Crippen molar-refractivity contribution in [2.24, 2.45) is 29.6 Å². The third-order valence-electron chi connectivity index (χ3n) is 4.75. The first-order valence-electron chi connectivity index (χ1n) is 5.84. The Morgan fingerprint density at radius 2 is 2.00 bits per heavy atom. The second-order valence-electron chi connectivity index (χ2n) is 5.23. The second kappa shape index (κ2) is 2.59. The molecule has 0 aromatic heterocycles. The van der Waals surface area contributed by atoms with Gasteiger partial charge in [-0.05, 0) is 49.4 Å². The van der Waals surface area contributed by atoms with E-state index in [1.807, 2.05) is 6.92 Å². The van der Waals surface area contributed by atoms with Crippen LogP contribution in [0.1, 0.15) is 39.0 Å². The van der Waals surface area contributed by atoms with Gasteiger partial charge in [-0.1, -0.05) is 6.92 Å². The molecular formula is C12H18O. The Hall–Kier alpha value is -0.330. The van der Waals surface area contributed by atoms with Gasteiger partial charge in [-0.25, -0.2) is 0 Å². The molecule has 1 heteroatoms. The summed E-state index contributed by atoms with van der Waals surface area (Å²) in [6, 6.07) is 0. The number of carbonyl (C=O) groups is 1. The Labute approximate surface area is 79.9 Å². The van der Waals surface area contributed by atoms with Crippen molar-refractivity contribution in [2.45, 2.75) is 39.0 Å². The summed E-state index contributed by atoms with van der Waals surface area (Å²) in [5, 5.41) is 0. The van der Waals surface area contributed by atoms with Gasteiger partial charge in [0, 0.05) is 12.3 Å². The third kappa shape index (κ3) is 1.02. The van der Waals surface area contributed by atoms with E-state index >= 15 is 0 Å². The van der Waals surface area contributed by atoms with Crippen molar-refractivity contribution in [1.82, 2.24) is 0 Å². The zero-order chi connectivity index (χ0) is 9.00. The van der Waals surface area contributed by atoms with Gasteiger partial charge in [-0.2, -0.15) is 0 Å². The van der Waals surface area contributed by atoms with Crippen molar-refractivity contribution in [3.8, 4) is 0 Å². The summed E-state index contributed by atoms with van der Waals surface area (Å²) in [4.78, 5) is 11.7. The van der Waals surface area contributed by atoms with Crippen molar-refractivity contribution < 1.29 is 4.79 Å². The summed E-state index contributed by atoms with van der Waals surface area (Å²) in [5.74, 6) is 4.82. The monoisotopic (exact) mass is 178 g/mol. The molecule has 0 aromatic rings. The van der Waals surface area contributed by atoms with Gasteiger partial charge in [0.2, 0.25) is 0 Å². The molecule has 0 heterocycles. The van der Waals surface area contributed by atoms with Crippen LogP contribution in [0.25, 0.3) is 0 Å². The molecule has 0 amide bonds. The summed E-state index contributed by atoms with van der Waals surface area (Å²) in [5.41, 5.74) is 0. The molecule has 0 saturated heterocycles. The average molecular weight is 178 g/mol. The average Bonchev–Trinajstić information content (AvgIpc) is 2.97. The van der Waals surface area contributed by atoms with Crippen LogP contribution in [0.5, 0.6) is 0 Å². The molecule has 4 saturated carbocycles. The van der Waals surface area contributed by atoms with Crippen molar-refractivity contribution in [2.75, 3.05) is 0 Å². The number of carbonyl (C=O) groups excluding carboxylic acids is 1. The van der Waals surface area contributed by atoms with Crippen molar-refractivity contribution in [1.29, 1.82) is 0 Å². The van der Waals surface area contributed by atoms with Crippen molar-refractivity contribution in [3.05, 3.63) is 0 Å². The van der Waals surface area contributed by atoms with E-state index in [1.165, 1.54) is 25.7 Å². The lowest BCUT2D eigenvalue weighted by Crippen LogP contribution is -2.37. The highest BCUT2D eigenvalue weighted by Gasteiger charge is 2.57. The molecule has 0 aliphatic heterocycles. The molecule has 72 valence electrons. The molecule has 1 nitrogen and oxygen atoms in total. The summed E-state index contributed by atoms with van der Waals surface area (Å²) in [6.07, 6.45) is 6.27. The third-order valence-corrected chi connectivity index (χ3v) is 4.75. The molecule has 5 unspecified atom stereocenters. The van der Waals surface area contributed by atoms with Crippen molar-refractivity contribution in [3.63, 3.8) is 0 Å². The topological polar surface area (TPSA) is 17.1 Å². The van der Waals surface area contributed by atoms with Crippen molar-refractivity contribution >= 4 is 5.78 Å². The molecule has 0 aromatic carbocycles. The molecule has 4 aliphatic rings. The number of hydrogen-bond acceptors (Lipinski definition) is 1. The lowest BCUT2D eigenvalue weighted by atomic mass is 9.63. The van der Waals surface area contributed by atoms with E-state index in [2.05, 4.69) is 0 Å². The minimum Gasteiger partial charge on any atom is -0.299 e. The Kier molecular flexibility index (Phi) is 1.59. The predicted octanol–water partition coefficient (Wildman–Crippen LogP) is 2.65. The molecule has 0 N–H and O–H groups in total. The van der Waals surface area contributed by atoms with Crippen LogP contribution in [-0.2, 0) is 4.79 Å². The fourth-order valence-electron chi connectivity index (χ4n) is 4.03. The normalized spacial score (nSPS) is 51.6. The van der Waals surface area contributed by atoms with Gasteiger partial charge < -0.3 is 0 Å². The lowest BCUT2D eigenvalue weighted by Gasteiger charge is -2.41. The SMILES string of the molecule is CCC(=O)C1CC2CCC1C1CC21. The van der Waals surface area contributed by atoms with Gasteiger partial charge in [0.25, 0.3) is 0 Å². The van der Waals surface area contributed by atoms with E-state index in [-0.39, 0.29) is 0 Å². The molecule has 4 fully saturated rings. The molecule has 0 radical (unpaired) electrons. The first-order chi connectivity index (χ1) is 6.31. The van der Waals surface area contributed by atoms with Gasteiger partial charge in [0.1, 0.15) is 5.78 Å². The molecule has 13 heavy (non-hydrogen) atoms. The molecule has 4 rings (SSSR count). The highest BCUT2D eigenvalue weighted by atomic mass is 16.1. The van der Waals surface area contributed by atoms with E-state index in [0.29, 0.717) is 11.7 Å². The maximum absolute atomic E-state index is 11.7. The van der Waals surface area contributed by atoms with Crippen LogP contribution in [-0.4, -0.2) is 5.78 Å². The zero-order valence-electron chi connectivity index (χ0n) is 8.33. The maximum atomic E-state index is 11.7. The van der Waals surface area contributed by atoms with Crippen LogP contribution in [0.2, 0.25) is 0 Å². The summed E-state index contributed by atoms with van der Waals surface area (Å²) in [6.45, 7) is 2.02. The largest absolute Gasteiger partial charge is 0.299 e. The van der Waals surface area contributed by atoms with Gasteiger partial charge in [-0.3, -0.25) is 4.79 Å². The molecule has 4 aliphatic carbocycles. The number of rotatable bonds is 2. The highest BCUT2D eigenvalue weighted by Crippen LogP contribution is 2.64. The van der Waals surface area contributed by atoms with Gasteiger partial charge in [-0.15, -0.1) is 0 Å². The number of Topliss-reactive ketones (excluding diaryl/α,β-unsaturated/α-hetero) is 1. The number of ketones is 1. The zero-order valence-corrected chi connectivity index (χ0v) is 8.33. The summed E-state index contributed by atoms with van der Waals surface area (Å²) in [7, 11) is 0. The maximum Gasteiger partial charge on any atom is 0.135 e. The van der Waals surface area contributed by atoms with Gasteiger partial charge in [0.05, 0.1) is 0 Å². The Morgan fingerprint density at radius 1 is 1.15 bits per heavy atom. The fourth-order valence-corrected chi connectivity index (χ4v) is 4.03. The Morgan fingerprint density at radius 3 is 2.69 bits per heavy atom. The summed E-state index contributed by atoms with van der Waals surface area (Å²) < 4.78 is 0. The minimum absolute atomic E-state index is 0.479. The van der Waals surface area contributed by atoms with Gasteiger partial charge >= 0.3 is 0 Å². The van der Waals surface area contributed by atoms with Crippen LogP contribution in [0.15, 0.2) is 0 Å². The first kappa shape index (κ1) is 8.02. The lowest BCUT2D eigenvalue weighted by molar-refractivity contribution is -0.128. The molecule has 5 atom stereocenters. The smallest absolute Gasteiger partial charge is 0.135 e. The quantitative estimate of drug-likeness (QED) is 0.635. The van der Waals surface area contributed by atoms with Crippen LogP contribution >= 0.6 is 0 Å². The predicted molar refractivity (Wildman–Crippen MR) is 51.2 cm³/mol. The van der Waals surface area contributed by atoms with E-state index in [0.717, 1.165) is 30.1 Å². The Balaban J connectivity index is 1.81. The standard InChI is InChI=1S/C12H18O/c1-2-12(13)11-5-7-3-4-8(11)10-6-9(7)10/h7-11H,2-6H2,1H3.